The molecule has 1 heterocycles. The Kier molecular flexibility index (Phi) is 4.87. The number of esters is 1. The van der Waals surface area contributed by atoms with Gasteiger partial charge < -0.3 is 13.9 Å². The van der Waals surface area contributed by atoms with Gasteiger partial charge in [-0.25, -0.2) is 13.2 Å². The Labute approximate surface area is 154 Å². The highest BCUT2D eigenvalue weighted by Crippen LogP contribution is 2.35. The van der Waals surface area contributed by atoms with Gasteiger partial charge in [-0.15, -0.1) is 0 Å². The summed E-state index contributed by atoms with van der Waals surface area (Å²) in [6.45, 7) is 0. The van der Waals surface area contributed by atoms with E-state index in [0.717, 1.165) is 6.26 Å². The lowest BCUT2D eigenvalue weighted by Gasteiger charge is -2.14. The van der Waals surface area contributed by atoms with E-state index in [1.807, 2.05) is 0 Å². The molecular weight excluding hydrogens is 374 g/mol. The third-order valence-electron chi connectivity index (χ3n) is 3.57. The fourth-order valence-electron chi connectivity index (χ4n) is 2.43. The van der Waals surface area contributed by atoms with Crippen molar-refractivity contribution in [2.75, 3.05) is 18.1 Å². The second-order valence-corrected chi connectivity index (χ2v) is 7.34. The quantitative estimate of drug-likeness (QED) is 0.668. The molecule has 0 spiro atoms. The maximum atomic E-state index is 12.1. The standard InChI is InChI=1S/C18H15NO7S/c1-24-18(21)11-5-3-4-6-15(11)26-17-9-12-14(20)7-8-25-16(12)10-13(17)19-27(2,22)23/h3-10,19H,1-2H3. The number of benzene rings is 2. The first kappa shape index (κ1) is 18.5. The number of ether oxygens (including phenoxy) is 2. The Hall–Kier alpha value is -3.33. The van der Waals surface area contributed by atoms with Crippen LogP contribution >= 0.6 is 0 Å². The number of hydrogen-bond donors (Lipinski definition) is 1. The molecule has 3 rings (SSSR count). The van der Waals surface area contributed by atoms with E-state index in [2.05, 4.69) is 4.72 Å². The molecule has 0 fully saturated rings. The summed E-state index contributed by atoms with van der Waals surface area (Å²) in [5.41, 5.74) is 0.0556. The van der Waals surface area contributed by atoms with E-state index >= 15 is 0 Å². The number of fused-ring (bicyclic) bond motifs is 1. The van der Waals surface area contributed by atoms with Crippen LogP contribution in [0.3, 0.4) is 0 Å². The zero-order valence-corrected chi connectivity index (χ0v) is 15.2. The second kappa shape index (κ2) is 7.12. The molecule has 0 bridgehead atoms. The third kappa shape index (κ3) is 4.09. The molecule has 9 heteroatoms. The molecule has 0 aliphatic rings. The highest BCUT2D eigenvalue weighted by Gasteiger charge is 2.17. The lowest BCUT2D eigenvalue weighted by Crippen LogP contribution is -2.11. The topological polar surface area (TPSA) is 112 Å². The van der Waals surface area contributed by atoms with Gasteiger partial charge in [-0.1, -0.05) is 12.1 Å². The minimum atomic E-state index is -3.64. The van der Waals surface area contributed by atoms with Crippen LogP contribution in [0.1, 0.15) is 10.4 Å². The summed E-state index contributed by atoms with van der Waals surface area (Å²) in [6, 6.07) is 10.2. The van der Waals surface area contributed by atoms with Crippen molar-refractivity contribution in [1.82, 2.24) is 0 Å². The first-order chi connectivity index (χ1) is 12.8. The predicted octanol–water partition coefficient (Wildman–Crippen LogP) is 2.74. The summed E-state index contributed by atoms with van der Waals surface area (Å²) in [7, 11) is -2.41. The zero-order valence-electron chi connectivity index (χ0n) is 14.4. The van der Waals surface area contributed by atoms with Crippen molar-refractivity contribution in [3.8, 4) is 11.5 Å². The van der Waals surface area contributed by atoms with Crippen LogP contribution in [0, 0.1) is 0 Å². The van der Waals surface area contributed by atoms with E-state index in [1.165, 1.54) is 43.7 Å². The van der Waals surface area contributed by atoms with E-state index in [0.29, 0.717) is 0 Å². The summed E-state index contributed by atoms with van der Waals surface area (Å²) in [5, 5.41) is 0.196. The van der Waals surface area contributed by atoms with Crippen LogP contribution in [0.2, 0.25) is 0 Å². The monoisotopic (exact) mass is 389 g/mol. The lowest BCUT2D eigenvalue weighted by molar-refractivity contribution is 0.0598. The fourth-order valence-corrected chi connectivity index (χ4v) is 2.98. The zero-order chi connectivity index (χ0) is 19.6. The van der Waals surface area contributed by atoms with E-state index in [4.69, 9.17) is 13.9 Å². The van der Waals surface area contributed by atoms with Gasteiger partial charge in [-0.2, -0.15) is 0 Å². The number of nitrogens with one attached hydrogen (secondary N) is 1. The molecule has 1 N–H and O–H groups in total. The SMILES string of the molecule is COC(=O)c1ccccc1Oc1cc2c(=O)ccoc2cc1NS(C)(=O)=O. The van der Waals surface area contributed by atoms with Crippen molar-refractivity contribution in [1.29, 1.82) is 0 Å². The lowest BCUT2D eigenvalue weighted by atomic mass is 10.2. The van der Waals surface area contributed by atoms with Crippen molar-refractivity contribution in [3.05, 3.63) is 64.5 Å². The summed E-state index contributed by atoms with van der Waals surface area (Å²) in [5.74, 6) is -0.452. The van der Waals surface area contributed by atoms with E-state index in [1.54, 1.807) is 12.1 Å². The first-order valence-corrected chi connectivity index (χ1v) is 9.56. The van der Waals surface area contributed by atoms with Crippen LogP contribution < -0.4 is 14.9 Å². The van der Waals surface area contributed by atoms with Gasteiger partial charge >= 0.3 is 5.97 Å². The van der Waals surface area contributed by atoms with Crippen molar-refractivity contribution in [2.45, 2.75) is 0 Å². The van der Waals surface area contributed by atoms with Crippen LogP contribution in [0.15, 0.2) is 57.9 Å². The third-order valence-corrected chi connectivity index (χ3v) is 4.16. The van der Waals surface area contributed by atoms with Crippen molar-refractivity contribution >= 4 is 32.6 Å². The Balaban J connectivity index is 2.18. The smallest absolute Gasteiger partial charge is 0.341 e. The van der Waals surface area contributed by atoms with Gasteiger partial charge in [-0.3, -0.25) is 9.52 Å². The molecule has 0 radical (unpaired) electrons. The van der Waals surface area contributed by atoms with Crippen LogP contribution in [-0.2, 0) is 14.8 Å². The predicted molar refractivity (Wildman–Crippen MR) is 98.8 cm³/mol. The molecular formula is C18H15NO7S. The second-order valence-electron chi connectivity index (χ2n) is 5.59. The van der Waals surface area contributed by atoms with Gasteiger partial charge in [0.05, 0.1) is 30.7 Å². The van der Waals surface area contributed by atoms with Gasteiger partial charge in [-0.05, 0) is 18.2 Å². The summed E-state index contributed by atoms with van der Waals surface area (Å²) in [6.07, 6.45) is 2.19. The minimum absolute atomic E-state index is 0.0304. The molecule has 0 amide bonds. The van der Waals surface area contributed by atoms with Gasteiger partial charge in [0, 0.05) is 12.1 Å². The van der Waals surface area contributed by atoms with Gasteiger partial charge in [0.25, 0.3) is 0 Å². The minimum Gasteiger partial charge on any atom is -0.465 e. The van der Waals surface area contributed by atoms with Gasteiger partial charge in [0.15, 0.2) is 11.2 Å². The van der Waals surface area contributed by atoms with Crippen LogP contribution in [0.25, 0.3) is 11.0 Å². The number of para-hydroxylation sites is 1. The number of carbonyl (C=O) groups excluding carboxylic acids is 1. The highest BCUT2D eigenvalue weighted by atomic mass is 32.2. The maximum Gasteiger partial charge on any atom is 0.341 e. The largest absolute Gasteiger partial charge is 0.465 e. The van der Waals surface area contributed by atoms with Crippen LogP contribution in [-0.4, -0.2) is 27.8 Å². The van der Waals surface area contributed by atoms with Crippen molar-refractivity contribution in [3.63, 3.8) is 0 Å². The normalized spacial score (nSPS) is 11.2. The molecule has 0 aliphatic heterocycles. The molecule has 0 unspecified atom stereocenters. The van der Waals surface area contributed by atoms with E-state index < -0.39 is 16.0 Å². The average molecular weight is 389 g/mol. The molecule has 8 nitrogen and oxygen atoms in total. The van der Waals surface area contributed by atoms with Gasteiger partial charge in [0.2, 0.25) is 10.0 Å². The van der Waals surface area contributed by atoms with Gasteiger partial charge in [0.1, 0.15) is 16.9 Å². The number of carbonyl (C=O) groups is 1. The Bertz CT molecular complexity index is 1180. The molecule has 0 atom stereocenters. The molecule has 1 aromatic heterocycles. The van der Waals surface area contributed by atoms with Crippen LogP contribution in [0.5, 0.6) is 11.5 Å². The Morgan fingerprint density at radius 1 is 1.11 bits per heavy atom. The maximum absolute atomic E-state index is 12.1. The summed E-state index contributed by atoms with van der Waals surface area (Å²) >= 11 is 0. The number of rotatable bonds is 5. The van der Waals surface area contributed by atoms with E-state index in [-0.39, 0.29) is 39.1 Å². The molecule has 2 aromatic carbocycles. The number of anilines is 1. The van der Waals surface area contributed by atoms with E-state index in [9.17, 15) is 18.0 Å². The summed E-state index contributed by atoms with van der Waals surface area (Å²) < 4.78 is 41.5. The first-order valence-electron chi connectivity index (χ1n) is 7.67. The Morgan fingerprint density at radius 3 is 2.56 bits per heavy atom. The van der Waals surface area contributed by atoms with Crippen molar-refractivity contribution in [2.24, 2.45) is 0 Å². The number of hydrogen-bond acceptors (Lipinski definition) is 7. The Morgan fingerprint density at radius 2 is 1.85 bits per heavy atom. The molecule has 3 aromatic rings. The van der Waals surface area contributed by atoms with Crippen molar-refractivity contribution < 1.29 is 27.1 Å². The number of methoxy groups -OCH3 is 1. The molecule has 0 aliphatic carbocycles. The van der Waals surface area contributed by atoms with Crippen LogP contribution in [0.4, 0.5) is 5.69 Å². The fraction of sp³-hybridized carbons (Fsp3) is 0.111. The molecule has 0 saturated heterocycles. The molecule has 140 valence electrons. The molecule has 27 heavy (non-hydrogen) atoms. The average Bonchev–Trinajstić information content (AvgIpc) is 2.61. The number of sulfonamides is 1. The summed E-state index contributed by atoms with van der Waals surface area (Å²) in [4.78, 5) is 24.0. The highest BCUT2D eigenvalue weighted by molar-refractivity contribution is 7.92. The molecule has 0 saturated carbocycles.